The summed E-state index contributed by atoms with van der Waals surface area (Å²) in [6.45, 7) is 1.13. The fourth-order valence-electron chi connectivity index (χ4n) is 2.81. The number of imide groups is 1. The highest BCUT2D eigenvalue weighted by Gasteiger charge is 2.21. The minimum absolute atomic E-state index is 0.230. The van der Waals surface area contributed by atoms with E-state index >= 15 is 0 Å². The SMILES string of the molecule is CNC(=O)NC(=O)CN1CCCCCC1C=Cc1ccccc1. The summed E-state index contributed by atoms with van der Waals surface area (Å²) >= 11 is 0. The molecule has 23 heavy (non-hydrogen) atoms. The second-order valence-corrected chi connectivity index (χ2v) is 5.78. The normalized spacial score (nSPS) is 19.3. The van der Waals surface area contributed by atoms with Crippen LogP contribution in [-0.4, -0.2) is 43.0 Å². The quantitative estimate of drug-likeness (QED) is 0.897. The second kappa shape index (κ2) is 9.10. The second-order valence-electron chi connectivity index (χ2n) is 5.78. The number of rotatable bonds is 4. The first-order valence-corrected chi connectivity index (χ1v) is 8.18. The minimum atomic E-state index is -0.457. The van der Waals surface area contributed by atoms with Gasteiger partial charge in [-0.05, 0) is 24.9 Å². The van der Waals surface area contributed by atoms with Crippen LogP contribution < -0.4 is 10.6 Å². The molecule has 1 fully saturated rings. The van der Waals surface area contributed by atoms with E-state index in [1.165, 1.54) is 13.5 Å². The molecule has 2 N–H and O–H groups in total. The van der Waals surface area contributed by atoms with Gasteiger partial charge < -0.3 is 5.32 Å². The van der Waals surface area contributed by atoms with Gasteiger partial charge in [-0.2, -0.15) is 0 Å². The van der Waals surface area contributed by atoms with Crippen molar-refractivity contribution in [2.45, 2.75) is 31.7 Å². The van der Waals surface area contributed by atoms with Crippen LogP contribution >= 0.6 is 0 Å². The molecule has 0 saturated carbocycles. The van der Waals surface area contributed by atoms with E-state index in [4.69, 9.17) is 0 Å². The molecule has 1 unspecified atom stereocenters. The standard InChI is InChI=1S/C18H25N3O2/c1-19-18(23)20-17(22)14-21-13-7-3-6-10-16(21)12-11-15-8-4-2-5-9-15/h2,4-5,8-9,11-12,16H,3,6-7,10,13-14H2,1H3,(H2,19,20,22,23). The number of hydrogen-bond acceptors (Lipinski definition) is 3. The minimum Gasteiger partial charge on any atom is -0.341 e. The van der Waals surface area contributed by atoms with E-state index in [2.05, 4.69) is 39.8 Å². The zero-order valence-electron chi connectivity index (χ0n) is 13.6. The number of urea groups is 1. The number of likely N-dealkylation sites (tertiary alicyclic amines) is 1. The van der Waals surface area contributed by atoms with Crippen molar-refractivity contribution in [3.05, 3.63) is 42.0 Å². The Morgan fingerprint density at radius 2 is 2.00 bits per heavy atom. The van der Waals surface area contributed by atoms with Crippen molar-refractivity contribution in [2.24, 2.45) is 0 Å². The lowest BCUT2D eigenvalue weighted by Gasteiger charge is -2.26. The maximum absolute atomic E-state index is 12.0. The van der Waals surface area contributed by atoms with Crippen molar-refractivity contribution in [2.75, 3.05) is 20.1 Å². The van der Waals surface area contributed by atoms with Crippen molar-refractivity contribution in [1.29, 1.82) is 0 Å². The molecular weight excluding hydrogens is 290 g/mol. The third-order valence-corrected chi connectivity index (χ3v) is 4.05. The molecular formula is C18H25N3O2. The van der Waals surface area contributed by atoms with Crippen LogP contribution in [0.3, 0.4) is 0 Å². The van der Waals surface area contributed by atoms with Gasteiger partial charge in [0.25, 0.3) is 0 Å². The van der Waals surface area contributed by atoms with Crippen LogP contribution in [0.4, 0.5) is 4.79 Å². The Hall–Kier alpha value is -2.14. The van der Waals surface area contributed by atoms with E-state index in [0.717, 1.165) is 31.4 Å². The number of nitrogens with one attached hydrogen (secondary N) is 2. The molecule has 1 aliphatic rings. The van der Waals surface area contributed by atoms with Crippen LogP contribution in [0.5, 0.6) is 0 Å². The van der Waals surface area contributed by atoms with Crippen LogP contribution in [0.25, 0.3) is 6.08 Å². The monoisotopic (exact) mass is 315 g/mol. The highest BCUT2D eigenvalue weighted by atomic mass is 16.2. The Morgan fingerprint density at radius 1 is 1.22 bits per heavy atom. The lowest BCUT2D eigenvalue weighted by molar-refractivity contribution is -0.121. The summed E-state index contributed by atoms with van der Waals surface area (Å²) in [5, 5.41) is 4.74. The van der Waals surface area contributed by atoms with Gasteiger partial charge in [0.15, 0.2) is 0 Å². The van der Waals surface area contributed by atoms with E-state index in [-0.39, 0.29) is 18.5 Å². The molecule has 1 atom stereocenters. The van der Waals surface area contributed by atoms with E-state index in [1.54, 1.807) is 0 Å². The smallest absolute Gasteiger partial charge is 0.321 e. The molecule has 0 bridgehead atoms. The number of carbonyl (C=O) groups excluding carboxylic acids is 2. The summed E-state index contributed by atoms with van der Waals surface area (Å²) in [6, 6.07) is 9.93. The molecule has 1 aliphatic heterocycles. The van der Waals surface area contributed by atoms with Gasteiger partial charge in [0.2, 0.25) is 5.91 Å². The predicted octanol–water partition coefficient (Wildman–Crippen LogP) is 2.40. The molecule has 124 valence electrons. The van der Waals surface area contributed by atoms with Crippen LogP contribution in [0.2, 0.25) is 0 Å². The molecule has 5 nitrogen and oxygen atoms in total. The predicted molar refractivity (Wildman–Crippen MR) is 91.9 cm³/mol. The fourth-order valence-corrected chi connectivity index (χ4v) is 2.81. The lowest BCUT2D eigenvalue weighted by Crippen LogP contribution is -2.46. The summed E-state index contributed by atoms with van der Waals surface area (Å²) in [5.74, 6) is -0.260. The van der Waals surface area contributed by atoms with Gasteiger partial charge in [-0.15, -0.1) is 0 Å². The van der Waals surface area contributed by atoms with Crippen molar-refractivity contribution in [3.8, 4) is 0 Å². The van der Waals surface area contributed by atoms with Crippen molar-refractivity contribution >= 4 is 18.0 Å². The Kier molecular flexibility index (Phi) is 6.81. The first-order valence-electron chi connectivity index (χ1n) is 8.18. The molecule has 0 aromatic heterocycles. The van der Waals surface area contributed by atoms with Crippen LogP contribution in [0, 0.1) is 0 Å². The zero-order valence-corrected chi connectivity index (χ0v) is 13.6. The van der Waals surface area contributed by atoms with Crippen molar-refractivity contribution < 1.29 is 9.59 Å². The molecule has 2 rings (SSSR count). The molecule has 3 amide bonds. The lowest BCUT2D eigenvalue weighted by atomic mass is 10.1. The van der Waals surface area contributed by atoms with Crippen molar-refractivity contribution in [1.82, 2.24) is 15.5 Å². The van der Waals surface area contributed by atoms with E-state index in [9.17, 15) is 9.59 Å². The average Bonchev–Trinajstić information content (AvgIpc) is 2.79. The maximum Gasteiger partial charge on any atom is 0.321 e. The third kappa shape index (κ3) is 5.87. The summed E-state index contributed by atoms with van der Waals surface area (Å²) in [4.78, 5) is 25.4. The molecule has 0 spiro atoms. The Bertz CT molecular complexity index is 542. The van der Waals surface area contributed by atoms with Gasteiger partial charge in [-0.1, -0.05) is 55.3 Å². The van der Waals surface area contributed by atoms with Crippen LogP contribution in [0.15, 0.2) is 36.4 Å². The topological polar surface area (TPSA) is 61.4 Å². The average molecular weight is 315 g/mol. The van der Waals surface area contributed by atoms with E-state index in [1.807, 2.05) is 18.2 Å². The molecule has 0 aliphatic carbocycles. The summed E-state index contributed by atoms with van der Waals surface area (Å²) in [5.41, 5.74) is 1.16. The molecule has 1 heterocycles. The van der Waals surface area contributed by atoms with Gasteiger partial charge in [-0.3, -0.25) is 15.0 Å². The van der Waals surface area contributed by atoms with Gasteiger partial charge >= 0.3 is 6.03 Å². The molecule has 1 saturated heterocycles. The van der Waals surface area contributed by atoms with E-state index < -0.39 is 6.03 Å². The number of amides is 3. The number of nitrogens with zero attached hydrogens (tertiary/aromatic N) is 1. The first-order chi connectivity index (χ1) is 11.2. The van der Waals surface area contributed by atoms with E-state index in [0.29, 0.717) is 0 Å². The summed E-state index contributed by atoms with van der Waals surface area (Å²) in [7, 11) is 1.50. The molecule has 0 radical (unpaired) electrons. The zero-order chi connectivity index (χ0) is 16.5. The molecule has 1 aromatic carbocycles. The van der Waals surface area contributed by atoms with Gasteiger partial charge in [0.05, 0.1) is 6.54 Å². The fraction of sp³-hybridized carbons (Fsp3) is 0.444. The number of carbonyl (C=O) groups is 2. The third-order valence-electron chi connectivity index (χ3n) is 4.05. The summed E-state index contributed by atoms with van der Waals surface area (Å²) in [6.07, 6.45) is 8.76. The Labute approximate surface area is 137 Å². The highest BCUT2D eigenvalue weighted by Crippen LogP contribution is 2.18. The van der Waals surface area contributed by atoms with Crippen LogP contribution in [0.1, 0.15) is 31.2 Å². The van der Waals surface area contributed by atoms with Crippen molar-refractivity contribution in [3.63, 3.8) is 0 Å². The molecule has 5 heteroatoms. The first kappa shape index (κ1) is 17.2. The van der Waals surface area contributed by atoms with Gasteiger partial charge in [-0.25, -0.2) is 4.79 Å². The Morgan fingerprint density at radius 3 is 2.74 bits per heavy atom. The van der Waals surface area contributed by atoms with Gasteiger partial charge in [0.1, 0.15) is 0 Å². The highest BCUT2D eigenvalue weighted by molar-refractivity contribution is 5.95. The van der Waals surface area contributed by atoms with Crippen LogP contribution in [-0.2, 0) is 4.79 Å². The maximum atomic E-state index is 12.0. The van der Waals surface area contributed by atoms with Gasteiger partial charge in [0, 0.05) is 13.1 Å². The molecule has 1 aromatic rings. The number of benzene rings is 1. The number of hydrogen-bond donors (Lipinski definition) is 2. The largest absolute Gasteiger partial charge is 0.341 e. The summed E-state index contributed by atoms with van der Waals surface area (Å²) < 4.78 is 0. The Balaban J connectivity index is 2.00.